The zero-order valence-corrected chi connectivity index (χ0v) is 16.7. The number of β-amino-alcohol motifs (C(OH)–C–C–N with tert-alkyl or cyclic N) is 1. The van der Waals surface area contributed by atoms with Crippen LogP contribution in [0.25, 0.3) is 11.0 Å². The van der Waals surface area contributed by atoms with Crippen molar-refractivity contribution in [2.24, 2.45) is 0 Å². The fourth-order valence-corrected chi connectivity index (χ4v) is 3.78. The third-order valence-electron chi connectivity index (χ3n) is 5.66. The Labute approximate surface area is 169 Å². The Morgan fingerprint density at radius 3 is 2.52 bits per heavy atom. The van der Waals surface area contributed by atoms with Gasteiger partial charge in [-0.2, -0.15) is 0 Å². The number of hydrogen-bond donors (Lipinski definition) is 2. The molecule has 1 aliphatic rings. The fraction of sp³-hybridized carbons (Fsp3) is 0.318. The summed E-state index contributed by atoms with van der Waals surface area (Å²) in [5, 5.41) is 13.4. The lowest BCUT2D eigenvalue weighted by Crippen LogP contribution is -2.42. The number of hydrogen-bond acceptors (Lipinski definition) is 4. The van der Waals surface area contributed by atoms with Gasteiger partial charge in [0.05, 0.1) is 36.6 Å². The summed E-state index contributed by atoms with van der Waals surface area (Å²) in [7, 11) is 0. The Hall–Kier alpha value is -3.19. The lowest BCUT2D eigenvalue weighted by molar-refractivity contribution is -0.132. The molecule has 2 heterocycles. The molecule has 7 heteroatoms. The first-order valence-electron chi connectivity index (χ1n) is 9.59. The lowest BCUT2D eigenvalue weighted by Gasteiger charge is -2.23. The van der Waals surface area contributed by atoms with Gasteiger partial charge in [0.1, 0.15) is 5.54 Å². The standard InChI is InChI=1S/C22H24N4O3/c1-14-9-18-19(10-15(14)2)25(13-23-18)11-17(27)12-26-20(28)22(3,24-21(26)29)16-7-5-4-6-8-16/h4-10,13,17,27H,11-12H2,1-3H3,(H,24,29)/t17-,22-/m0/s1. The number of nitrogens with zero attached hydrogens (tertiary/aromatic N) is 3. The van der Waals surface area contributed by atoms with Gasteiger partial charge in [0, 0.05) is 0 Å². The van der Waals surface area contributed by atoms with Crippen LogP contribution >= 0.6 is 0 Å². The van der Waals surface area contributed by atoms with Crippen molar-refractivity contribution in [1.82, 2.24) is 19.8 Å². The molecule has 1 fully saturated rings. The third-order valence-corrected chi connectivity index (χ3v) is 5.66. The van der Waals surface area contributed by atoms with Crippen molar-refractivity contribution in [2.75, 3.05) is 6.54 Å². The average molecular weight is 392 g/mol. The van der Waals surface area contributed by atoms with E-state index in [-0.39, 0.29) is 19.0 Å². The third kappa shape index (κ3) is 3.27. The van der Waals surface area contributed by atoms with Crippen LogP contribution in [-0.2, 0) is 16.9 Å². The number of aromatic nitrogens is 2. The van der Waals surface area contributed by atoms with Crippen LogP contribution < -0.4 is 5.32 Å². The maximum Gasteiger partial charge on any atom is 0.325 e. The van der Waals surface area contributed by atoms with Gasteiger partial charge in [-0.15, -0.1) is 0 Å². The van der Waals surface area contributed by atoms with E-state index >= 15 is 0 Å². The number of fused-ring (bicyclic) bond motifs is 1. The predicted molar refractivity (Wildman–Crippen MR) is 109 cm³/mol. The van der Waals surface area contributed by atoms with Gasteiger partial charge in [0.15, 0.2) is 0 Å². The molecule has 3 amide bonds. The second kappa shape index (κ2) is 7.00. The van der Waals surface area contributed by atoms with E-state index in [1.165, 1.54) is 0 Å². The molecule has 2 aromatic carbocycles. The number of benzene rings is 2. The van der Waals surface area contributed by atoms with Gasteiger partial charge < -0.3 is 15.0 Å². The minimum Gasteiger partial charge on any atom is -0.389 e. The van der Waals surface area contributed by atoms with Crippen LogP contribution in [0.2, 0.25) is 0 Å². The maximum absolute atomic E-state index is 13.0. The van der Waals surface area contributed by atoms with E-state index in [0.29, 0.717) is 5.56 Å². The first kappa shape index (κ1) is 19.1. The second-order valence-electron chi connectivity index (χ2n) is 7.81. The highest BCUT2D eigenvalue weighted by Crippen LogP contribution is 2.29. The summed E-state index contributed by atoms with van der Waals surface area (Å²) in [6.07, 6.45) is 0.758. The zero-order chi connectivity index (χ0) is 20.8. The van der Waals surface area contributed by atoms with Crippen LogP contribution in [0.1, 0.15) is 23.6 Å². The number of carbonyl (C=O) groups is 2. The number of aliphatic hydroxyl groups is 1. The van der Waals surface area contributed by atoms with Crippen molar-refractivity contribution in [3.05, 3.63) is 65.5 Å². The predicted octanol–water partition coefficient (Wildman–Crippen LogP) is 2.48. The molecular formula is C22H24N4O3. The quantitative estimate of drug-likeness (QED) is 0.653. The topological polar surface area (TPSA) is 87.5 Å². The van der Waals surface area contributed by atoms with E-state index in [4.69, 9.17) is 0 Å². The molecule has 0 unspecified atom stereocenters. The van der Waals surface area contributed by atoms with E-state index in [2.05, 4.69) is 10.3 Å². The van der Waals surface area contributed by atoms with Gasteiger partial charge >= 0.3 is 6.03 Å². The second-order valence-corrected chi connectivity index (χ2v) is 7.81. The van der Waals surface area contributed by atoms with Crippen LogP contribution in [0.3, 0.4) is 0 Å². The summed E-state index contributed by atoms with van der Waals surface area (Å²) in [4.78, 5) is 30.9. The van der Waals surface area contributed by atoms with Gasteiger partial charge in [0.25, 0.3) is 5.91 Å². The zero-order valence-electron chi connectivity index (χ0n) is 16.7. The van der Waals surface area contributed by atoms with E-state index in [0.717, 1.165) is 27.1 Å². The number of carbonyl (C=O) groups excluding carboxylic acids is 2. The number of imide groups is 1. The first-order valence-corrected chi connectivity index (χ1v) is 9.59. The Morgan fingerprint density at radius 2 is 1.79 bits per heavy atom. The van der Waals surface area contributed by atoms with Gasteiger partial charge in [0.2, 0.25) is 0 Å². The number of imidazole rings is 1. The molecule has 3 aromatic rings. The van der Waals surface area contributed by atoms with Crippen molar-refractivity contribution in [2.45, 2.75) is 39.0 Å². The summed E-state index contributed by atoms with van der Waals surface area (Å²) in [6, 6.07) is 12.7. The Morgan fingerprint density at radius 1 is 1.10 bits per heavy atom. The number of urea groups is 1. The van der Waals surface area contributed by atoms with Crippen LogP contribution in [-0.4, -0.2) is 44.1 Å². The molecule has 0 radical (unpaired) electrons. The molecule has 0 aliphatic carbocycles. The number of aliphatic hydroxyl groups excluding tert-OH is 1. The van der Waals surface area contributed by atoms with E-state index in [9.17, 15) is 14.7 Å². The molecule has 0 bridgehead atoms. The van der Waals surface area contributed by atoms with Gasteiger partial charge in [-0.1, -0.05) is 30.3 Å². The first-order chi connectivity index (χ1) is 13.8. The average Bonchev–Trinajstić information content (AvgIpc) is 3.17. The summed E-state index contributed by atoms with van der Waals surface area (Å²) < 4.78 is 1.85. The summed E-state index contributed by atoms with van der Waals surface area (Å²) in [5.41, 5.74) is 3.64. The molecule has 7 nitrogen and oxygen atoms in total. The van der Waals surface area contributed by atoms with Gasteiger partial charge in [-0.3, -0.25) is 9.69 Å². The monoisotopic (exact) mass is 392 g/mol. The largest absolute Gasteiger partial charge is 0.389 e. The summed E-state index contributed by atoms with van der Waals surface area (Å²) >= 11 is 0. The van der Waals surface area contributed by atoms with E-state index < -0.39 is 17.7 Å². The van der Waals surface area contributed by atoms with E-state index in [1.807, 2.05) is 48.7 Å². The van der Waals surface area contributed by atoms with Crippen LogP contribution in [0.5, 0.6) is 0 Å². The van der Waals surface area contributed by atoms with E-state index in [1.54, 1.807) is 25.4 Å². The van der Waals surface area contributed by atoms with Crippen LogP contribution in [0.15, 0.2) is 48.8 Å². The number of aryl methyl sites for hydroxylation is 2. The van der Waals surface area contributed by atoms with Crippen molar-refractivity contribution >= 4 is 23.0 Å². The van der Waals surface area contributed by atoms with Gasteiger partial charge in [-0.25, -0.2) is 9.78 Å². The van der Waals surface area contributed by atoms with Crippen molar-refractivity contribution < 1.29 is 14.7 Å². The van der Waals surface area contributed by atoms with Crippen molar-refractivity contribution in [3.8, 4) is 0 Å². The maximum atomic E-state index is 13.0. The highest BCUT2D eigenvalue weighted by Gasteiger charge is 2.49. The smallest absolute Gasteiger partial charge is 0.325 e. The summed E-state index contributed by atoms with van der Waals surface area (Å²) in [5.74, 6) is -0.366. The molecule has 2 N–H and O–H groups in total. The molecule has 29 heavy (non-hydrogen) atoms. The van der Waals surface area contributed by atoms with Gasteiger partial charge in [-0.05, 0) is 49.6 Å². The Kier molecular flexibility index (Phi) is 4.62. The molecule has 1 saturated heterocycles. The minimum atomic E-state index is -1.13. The molecular weight excluding hydrogens is 368 g/mol. The fourth-order valence-electron chi connectivity index (χ4n) is 3.78. The number of amides is 3. The van der Waals surface area contributed by atoms with Crippen molar-refractivity contribution in [3.63, 3.8) is 0 Å². The minimum absolute atomic E-state index is 0.0857. The van der Waals surface area contributed by atoms with Crippen LogP contribution in [0, 0.1) is 13.8 Å². The molecule has 1 aromatic heterocycles. The summed E-state index contributed by atoms with van der Waals surface area (Å²) in [6.45, 7) is 5.89. The molecule has 0 spiro atoms. The van der Waals surface area contributed by atoms with Crippen molar-refractivity contribution in [1.29, 1.82) is 0 Å². The number of nitrogens with one attached hydrogen (secondary N) is 1. The molecule has 0 saturated carbocycles. The lowest BCUT2D eigenvalue weighted by atomic mass is 9.92. The molecule has 2 atom stereocenters. The SMILES string of the molecule is Cc1cc2ncn(C[C@H](O)CN3C(=O)N[C@@](C)(c4ccccc4)C3=O)c2cc1C. The number of rotatable bonds is 5. The molecule has 150 valence electrons. The highest BCUT2D eigenvalue weighted by atomic mass is 16.3. The molecule has 4 rings (SSSR count). The highest BCUT2D eigenvalue weighted by molar-refractivity contribution is 6.07. The Balaban J connectivity index is 1.52. The van der Waals surface area contributed by atoms with Crippen LogP contribution in [0.4, 0.5) is 4.79 Å². The normalized spacial score (nSPS) is 20.3. The Bertz CT molecular complexity index is 1090. The molecule has 1 aliphatic heterocycles.